The third kappa shape index (κ3) is 13.0. The Balaban J connectivity index is 3.23. The number of alkyl halides is 1. The molecular weight excluding hydrogens is 511 g/mol. The lowest BCUT2D eigenvalue weighted by atomic mass is 9.93. The second-order valence-corrected chi connectivity index (χ2v) is 9.64. The summed E-state index contributed by atoms with van der Waals surface area (Å²) >= 11 is 0. The number of allylic oxidation sites excluding steroid dienone is 9. The Bertz CT molecular complexity index is 1110. The molecule has 3 N–H and O–H groups in total. The van der Waals surface area contributed by atoms with E-state index < -0.39 is 18.0 Å². The molecule has 0 fully saturated rings. The average molecular weight is 557 g/mol. The average Bonchev–Trinajstić information content (AvgIpc) is 3.00. The van der Waals surface area contributed by atoms with Crippen LogP contribution in [0.4, 0.5) is 4.39 Å². The zero-order valence-electron chi connectivity index (χ0n) is 24.7. The molecule has 9 heteroatoms. The van der Waals surface area contributed by atoms with E-state index in [9.17, 15) is 23.9 Å². The first-order chi connectivity index (χ1) is 19.0. The van der Waals surface area contributed by atoms with Crippen molar-refractivity contribution < 1.29 is 23.9 Å². The van der Waals surface area contributed by atoms with E-state index in [1.54, 1.807) is 6.08 Å². The van der Waals surface area contributed by atoms with Crippen LogP contribution in [0.3, 0.4) is 0 Å². The topological polar surface area (TPSA) is 111 Å². The Labute approximate surface area is 238 Å². The van der Waals surface area contributed by atoms with Gasteiger partial charge in [-0.1, -0.05) is 55.9 Å². The van der Waals surface area contributed by atoms with Crippen LogP contribution in [0.1, 0.15) is 73.6 Å². The van der Waals surface area contributed by atoms with Gasteiger partial charge in [-0.05, 0) is 69.8 Å². The van der Waals surface area contributed by atoms with Gasteiger partial charge in [-0.3, -0.25) is 19.3 Å². The summed E-state index contributed by atoms with van der Waals surface area (Å²) in [4.78, 5) is 38.0. The summed E-state index contributed by atoms with van der Waals surface area (Å²) in [7, 11) is 0. The van der Waals surface area contributed by atoms with Crippen molar-refractivity contribution in [2.24, 2.45) is 5.10 Å². The second-order valence-electron chi connectivity index (χ2n) is 9.64. The molecule has 1 heterocycles. The Morgan fingerprint density at radius 2 is 1.88 bits per heavy atom. The summed E-state index contributed by atoms with van der Waals surface area (Å²) in [6.07, 6.45) is 14.5. The Morgan fingerprint density at radius 1 is 1.15 bits per heavy atom. The van der Waals surface area contributed by atoms with Crippen LogP contribution in [-0.4, -0.2) is 59.3 Å². The van der Waals surface area contributed by atoms with E-state index in [1.807, 2.05) is 58.9 Å². The Morgan fingerprint density at radius 3 is 2.45 bits per heavy atom. The number of carbonyl (C=O) groups is 3. The number of hydrazone groups is 1. The first-order valence-corrected chi connectivity index (χ1v) is 13.8. The van der Waals surface area contributed by atoms with Gasteiger partial charge in [0.25, 0.3) is 0 Å². The number of rotatable bonds is 16. The molecule has 1 atom stereocenters. The lowest BCUT2D eigenvalue weighted by Gasteiger charge is -2.21. The maximum atomic E-state index is 14.7. The monoisotopic (exact) mass is 556 g/mol. The van der Waals surface area contributed by atoms with Crippen LogP contribution in [0, 0.1) is 0 Å². The summed E-state index contributed by atoms with van der Waals surface area (Å²) in [6.45, 7) is 10.7. The maximum Gasteiger partial charge on any atom is 0.317 e. The van der Waals surface area contributed by atoms with Crippen LogP contribution in [-0.2, 0) is 14.4 Å². The van der Waals surface area contributed by atoms with Crippen molar-refractivity contribution in [3.8, 4) is 0 Å². The van der Waals surface area contributed by atoms with E-state index in [2.05, 4.69) is 28.0 Å². The summed E-state index contributed by atoms with van der Waals surface area (Å²) in [5.41, 5.74) is 6.86. The maximum absolute atomic E-state index is 14.7. The minimum Gasteiger partial charge on any atom is -0.480 e. The number of halogens is 1. The quantitative estimate of drug-likeness (QED) is 0.171. The molecule has 1 aliphatic heterocycles. The first kappa shape index (κ1) is 34.4. The zero-order valence-corrected chi connectivity index (χ0v) is 24.7. The zero-order chi connectivity index (χ0) is 30.1. The standard InChI is InChI=1S/C31H45FN4O4/c1-7-11-12-15-26-22(5)16-29(37)35-34-28(26)18-25(14-9-3)17-27(23(6)32)33-30(38)20-36(21-31(39)40)19-24(10-4)13-8-2/h8,10-14,17,23H,7,9,15-16,18-21H2,1-6H3,(H,33,38)(H,35,37)(H,39,40)/b12-11-,13-8-,24-10+,25-14+,27-17+. The number of carbonyl (C=O) groups excluding carboxylic acids is 2. The molecule has 2 amide bonds. The number of amides is 2. The summed E-state index contributed by atoms with van der Waals surface area (Å²) in [5.74, 6) is -1.76. The SMILES string of the molecule is C/C=C\C(=C/C)CN(CC(=O)O)CC(=O)N/C(=C/C(=C\CC)CC1=NNC(=O)CC(C)=C1C/C=C\CC)C(C)F. The molecule has 0 aliphatic carbocycles. The van der Waals surface area contributed by atoms with Crippen LogP contribution in [0.15, 0.2) is 75.6 Å². The van der Waals surface area contributed by atoms with E-state index in [0.717, 1.165) is 28.7 Å². The van der Waals surface area contributed by atoms with Gasteiger partial charge in [0.05, 0.1) is 24.5 Å². The first-order valence-electron chi connectivity index (χ1n) is 13.8. The molecule has 0 radical (unpaired) electrons. The van der Waals surface area contributed by atoms with Crippen LogP contribution in [0.5, 0.6) is 0 Å². The highest BCUT2D eigenvalue weighted by Gasteiger charge is 2.20. The minimum atomic E-state index is -1.48. The largest absolute Gasteiger partial charge is 0.480 e. The van der Waals surface area contributed by atoms with Crippen molar-refractivity contribution in [2.75, 3.05) is 19.6 Å². The highest BCUT2D eigenvalue weighted by Crippen LogP contribution is 2.23. The molecule has 0 aromatic rings. The van der Waals surface area contributed by atoms with E-state index in [1.165, 1.54) is 11.8 Å². The molecular formula is C31H45FN4O4. The molecule has 1 rings (SSSR count). The van der Waals surface area contributed by atoms with Crippen molar-refractivity contribution in [2.45, 2.75) is 79.8 Å². The molecule has 8 nitrogen and oxygen atoms in total. The van der Waals surface area contributed by atoms with Gasteiger partial charge in [-0.2, -0.15) is 5.10 Å². The Kier molecular flexibility index (Phi) is 16.1. The van der Waals surface area contributed by atoms with Crippen molar-refractivity contribution in [3.63, 3.8) is 0 Å². The van der Waals surface area contributed by atoms with Crippen molar-refractivity contribution in [1.82, 2.24) is 15.6 Å². The fourth-order valence-corrected chi connectivity index (χ4v) is 4.20. The van der Waals surface area contributed by atoms with E-state index >= 15 is 0 Å². The highest BCUT2D eigenvalue weighted by atomic mass is 19.1. The predicted octanol–water partition coefficient (Wildman–Crippen LogP) is 5.53. The van der Waals surface area contributed by atoms with Crippen LogP contribution in [0.2, 0.25) is 0 Å². The van der Waals surface area contributed by atoms with Crippen LogP contribution in [0.25, 0.3) is 0 Å². The van der Waals surface area contributed by atoms with E-state index in [0.29, 0.717) is 25.0 Å². The number of carboxylic acid groups (broad SMARTS) is 1. The molecule has 0 aromatic carbocycles. The number of hydrogen-bond donors (Lipinski definition) is 3. The van der Waals surface area contributed by atoms with E-state index in [4.69, 9.17) is 0 Å². The number of hydrogen-bond acceptors (Lipinski definition) is 5. The molecule has 1 unspecified atom stereocenters. The molecule has 0 saturated heterocycles. The fourth-order valence-electron chi connectivity index (χ4n) is 4.20. The summed E-state index contributed by atoms with van der Waals surface area (Å²) < 4.78 is 14.7. The van der Waals surface area contributed by atoms with Gasteiger partial charge in [-0.15, -0.1) is 0 Å². The van der Waals surface area contributed by atoms with Gasteiger partial charge < -0.3 is 10.4 Å². The third-order valence-corrected chi connectivity index (χ3v) is 6.10. The molecule has 0 bridgehead atoms. The van der Waals surface area contributed by atoms with Gasteiger partial charge in [0.2, 0.25) is 11.8 Å². The number of carboxylic acids is 1. The van der Waals surface area contributed by atoms with Crippen molar-refractivity contribution in [1.29, 1.82) is 0 Å². The van der Waals surface area contributed by atoms with Gasteiger partial charge in [0.1, 0.15) is 6.17 Å². The van der Waals surface area contributed by atoms with Crippen LogP contribution >= 0.6 is 0 Å². The molecule has 40 heavy (non-hydrogen) atoms. The number of nitrogens with one attached hydrogen (secondary N) is 2. The van der Waals surface area contributed by atoms with Gasteiger partial charge >= 0.3 is 5.97 Å². The minimum absolute atomic E-state index is 0.0751. The van der Waals surface area contributed by atoms with Gasteiger partial charge in [0.15, 0.2) is 0 Å². The lowest BCUT2D eigenvalue weighted by Crippen LogP contribution is -2.41. The smallest absolute Gasteiger partial charge is 0.317 e. The van der Waals surface area contributed by atoms with Gasteiger partial charge in [-0.25, -0.2) is 9.82 Å². The molecule has 1 aliphatic rings. The Hall–Kier alpha value is -3.59. The molecule has 220 valence electrons. The summed E-state index contributed by atoms with van der Waals surface area (Å²) in [5, 5.41) is 16.3. The molecule has 0 aromatic heterocycles. The predicted molar refractivity (Wildman–Crippen MR) is 159 cm³/mol. The lowest BCUT2D eigenvalue weighted by molar-refractivity contribution is -0.138. The van der Waals surface area contributed by atoms with Crippen LogP contribution < -0.4 is 10.7 Å². The fraction of sp³-hybridized carbons (Fsp3) is 0.484. The summed E-state index contributed by atoms with van der Waals surface area (Å²) in [6, 6.07) is 0. The van der Waals surface area contributed by atoms with Crippen molar-refractivity contribution in [3.05, 3.63) is 70.5 Å². The third-order valence-electron chi connectivity index (χ3n) is 6.10. The normalized spacial score (nSPS) is 16.4. The second kappa shape index (κ2) is 18.7. The van der Waals surface area contributed by atoms with Gasteiger partial charge in [0, 0.05) is 19.4 Å². The molecule has 0 saturated carbocycles. The van der Waals surface area contributed by atoms with E-state index in [-0.39, 0.29) is 37.7 Å². The van der Waals surface area contributed by atoms with Crippen molar-refractivity contribution >= 4 is 23.5 Å². The highest BCUT2D eigenvalue weighted by molar-refractivity contribution is 6.04. The number of nitrogens with zero attached hydrogens (tertiary/aromatic N) is 2. The number of aliphatic carboxylic acids is 1. The molecule has 0 spiro atoms.